The smallest absolute Gasteiger partial charge is 0.271 e. The molecule has 1 N–H and O–H groups in total. The number of hydrogen-bond donors (Lipinski definition) is 1. The average Bonchev–Trinajstić information content (AvgIpc) is 2.98. The summed E-state index contributed by atoms with van der Waals surface area (Å²) in [7, 11) is 1.69. The first kappa shape index (κ1) is 20.4. The molecule has 0 saturated heterocycles. The lowest BCUT2D eigenvalue weighted by Crippen LogP contribution is -2.20. The van der Waals surface area contributed by atoms with Gasteiger partial charge in [0.1, 0.15) is 0 Å². The molecule has 0 aliphatic heterocycles. The zero-order valence-corrected chi connectivity index (χ0v) is 18.5. The van der Waals surface area contributed by atoms with Gasteiger partial charge in [-0.25, -0.2) is 4.68 Å². The highest BCUT2D eigenvalue weighted by Gasteiger charge is 2.30. The van der Waals surface area contributed by atoms with Crippen molar-refractivity contribution in [2.75, 3.05) is 7.05 Å². The third-order valence-electron chi connectivity index (χ3n) is 6.26. The van der Waals surface area contributed by atoms with E-state index in [1.54, 1.807) is 7.05 Å². The molecule has 1 amide bonds. The van der Waals surface area contributed by atoms with Crippen LogP contribution >= 0.6 is 0 Å². The Labute approximate surface area is 179 Å². The second-order valence-electron chi connectivity index (χ2n) is 8.63. The van der Waals surface area contributed by atoms with E-state index in [-0.39, 0.29) is 5.91 Å². The fourth-order valence-corrected chi connectivity index (χ4v) is 4.69. The maximum absolute atomic E-state index is 12.7. The molecule has 1 atom stereocenters. The Morgan fingerprint density at radius 1 is 1.07 bits per heavy atom. The molecule has 2 aromatic carbocycles. The van der Waals surface area contributed by atoms with Crippen LogP contribution in [0, 0.1) is 20.8 Å². The predicted octanol–water partition coefficient (Wildman–Crippen LogP) is 5.21. The maximum Gasteiger partial charge on any atom is 0.271 e. The van der Waals surface area contributed by atoms with Crippen LogP contribution in [0.5, 0.6) is 0 Å². The second-order valence-corrected chi connectivity index (χ2v) is 8.63. The van der Waals surface area contributed by atoms with Gasteiger partial charge in [-0.2, -0.15) is 5.10 Å². The molecule has 0 bridgehead atoms. The number of rotatable bonds is 4. The molecule has 0 saturated carbocycles. The second kappa shape index (κ2) is 8.47. The lowest BCUT2D eigenvalue weighted by Gasteiger charge is -2.20. The monoisotopic (exact) mass is 401 g/mol. The molecule has 0 spiro atoms. The van der Waals surface area contributed by atoms with Crippen molar-refractivity contribution in [1.29, 1.82) is 0 Å². The normalized spacial score (nSPS) is 16.1. The van der Waals surface area contributed by atoms with Gasteiger partial charge < -0.3 is 5.32 Å². The quantitative estimate of drug-likeness (QED) is 0.610. The Kier molecular flexibility index (Phi) is 5.76. The van der Waals surface area contributed by atoms with Crippen LogP contribution < -0.4 is 5.32 Å². The molecule has 4 nitrogen and oxygen atoms in total. The molecule has 1 aliphatic rings. The van der Waals surface area contributed by atoms with E-state index in [1.165, 1.54) is 34.4 Å². The molecule has 1 unspecified atom stereocenters. The molecule has 3 aromatic rings. The first-order valence-electron chi connectivity index (χ1n) is 10.9. The van der Waals surface area contributed by atoms with Crippen LogP contribution in [0.3, 0.4) is 0 Å². The highest BCUT2D eigenvalue weighted by Crippen LogP contribution is 2.37. The molecule has 1 aromatic heterocycles. The first-order chi connectivity index (χ1) is 14.5. The van der Waals surface area contributed by atoms with Crippen molar-refractivity contribution in [3.63, 3.8) is 0 Å². The number of nitrogens with one attached hydrogen (secondary N) is 1. The van der Waals surface area contributed by atoms with E-state index < -0.39 is 0 Å². The highest BCUT2D eigenvalue weighted by molar-refractivity contribution is 5.94. The minimum atomic E-state index is -0.0919. The highest BCUT2D eigenvalue weighted by atomic mass is 16.1. The SMILES string of the molecule is CNC(=O)c1nn(-c2ccc(C)cc2C)c2c1CCCCC2Cc1ccc(C)cc1. The summed E-state index contributed by atoms with van der Waals surface area (Å²) in [6.07, 6.45) is 5.26. The van der Waals surface area contributed by atoms with Crippen LogP contribution in [0.4, 0.5) is 0 Å². The number of carbonyl (C=O) groups excluding carboxylic acids is 1. The molecule has 30 heavy (non-hydrogen) atoms. The van der Waals surface area contributed by atoms with Gasteiger partial charge in [0.25, 0.3) is 5.91 Å². The minimum absolute atomic E-state index is 0.0919. The summed E-state index contributed by atoms with van der Waals surface area (Å²) in [5.74, 6) is 0.252. The van der Waals surface area contributed by atoms with Crippen LogP contribution in [0.25, 0.3) is 5.69 Å². The Bertz CT molecular complexity index is 1060. The summed E-state index contributed by atoms with van der Waals surface area (Å²) >= 11 is 0. The number of fused-ring (bicyclic) bond motifs is 1. The summed E-state index contributed by atoms with van der Waals surface area (Å²) in [5, 5.41) is 7.67. The summed E-state index contributed by atoms with van der Waals surface area (Å²) in [5.41, 5.74) is 9.05. The van der Waals surface area contributed by atoms with Crippen molar-refractivity contribution >= 4 is 5.91 Å². The van der Waals surface area contributed by atoms with E-state index in [9.17, 15) is 4.79 Å². The van der Waals surface area contributed by atoms with Crippen LogP contribution in [0.2, 0.25) is 0 Å². The van der Waals surface area contributed by atoms with E-state index >= 15 is 0 Å². The Morgan fingerprint density at radius 3 is 2.50 bits per heavy atom. The fourth-order valence-electron chi connectivity index (χ4n) is 4.69. The molecule has 1 heterocycles. The van der Waals surface area contributed by atoms with Crippen molar-refractivity contribution in [2.45, 2.75) is 58.8 Å². The molecule has 156 valence electrons. The van der Waals surface area contributed by atoms with Gasteiger partial charge in [0.15, 0.2) is 5.69 Å². The third kappa shape index (κ3) is 3.91. The number of amides is 1. The third-order valence-corrected chi connectivity index (χ3v) is 6.26. The first-order valence-corrected chi connectivity index (χ1v) is 10.9. The molecule has 0 fully saturated rings. The number of benzene rings is 2. The average molecular weight is 402 g/mol. The molecule has 1 aliphatic carbocycles. The molecule has 4 rings (SSSR count). The lowest BCUT2D eigenvalue weighted by atomic mass is 9.90. The number of carbonyl (C=O) groups is 1. The molecular weight excluding hydrogens is 370 g/mol. The molecule has 4 heteroatoms. The van der Waals surface area contributed by atoms with Crippen LogP contribution in [-0.2, 0) is 12.8 Å². The van der Waals surface area contributed by atoms with Gasteiger partial charge in [0.05, 0.1) is 11.4 Å². The largest absolute Gasteiger partial charge is 0.354 e. The van der Waals surface area contributed by atoms with Crippen molar-refractivity contribution in [3.05, 3.63) is 81.7 Å². The maximum atomic E-state index is 12.7. The Balaban J connectivity index is 1.87. The molecular formula is C26H31N3O. The topological polar surface area (TPSA) is 46.9 Å². The van der Waals surface area contributed by atoms with E-state index in [0.29, 0.717) is 11.6 Å². The van der Waals surface area contributed by atoms with Gasteiger partial charge >= 0.3 is 0 Å². The standard InChI is InChI=1S/C26H31N3O/c1-17-9-12-20(13-10-17)16-21-7-5-6-8-22-24(26(30)27-4)28-29(25(21)22)23-14-11-18(2)15-19(23)3/h9-15,21H,5-8,16H2,1-4H3,(H,27,30). The minimum Gasteiger partial charge on any atom is -0.354 e. The van der Waals surface area contributed by atoms with E-state index in [2.05, 4.69) is 73.2 Å². The van der Waals surface area contributed by atoms with Crippen LogP contribution in [0.1, 0.15) is 69.2 Å². The van der Waals surface area contributed by atoms with Crippen molar-refractivity contribution in [1.82, 2.24) is 15.1 Å². The number of nitrogens with zero attached hydrogens (tertiary/aromatic N) is 2. The van der Waals surface area contributed by atoms with Gasteiger partial charge in [-0.05, 0) is 63.6 Å². The van der Waals surface area contributed by atoms with E-state index in [0.717, 1.165) is 36.9 Å². The van der Waals surface area contributed by atoms with Gasteiger partial charge in [-0.3, -0.25) is 4.79 Å². The van der Waals surface area contributed by atoms with Gasteiger partial charge in [0, 0.05) is 18.5 Å². The lowest BCUT2D eigenvalue weighted by molar-refractivity contribution is 0.0956. The van der Waals surface area contributed by atoms with Gasteiger partial charge in [-0.1, -0.05) is 53.9 Å². The van der Waals surface area contributed by atoms with E-state index in [1.807, 2.05) is 0 Å². The Morgan fingerprint density at radius 2 is 1.80 bits per heavy atom. The summed E-state index contributed by atoms with van der Waals surface area (Å²) < 4.78 is 2.07. The zero-order chi connectivity index (χ0) is 21.3. The van der Waals surface area contributed by atoms with Crippen molar-refractivity contribution < 1.29 is 4.79 Å². The fraction of sp³-hybridized carbons (Fsp3) is 0.385. The number of aryl methyl sites for hydroxylation is 3. The Hall–Kier alpha value is -2.88. The number of aromatic nitrogens is 2. The number of hydrogen-bond acceptors (Lipinski definition) is 2. The van der Waals surface area contributed by atoms with Gasteiger partial charge in [0.2, 0.25) is 0 Å². The van der Waals surface area contributed by atoms with Crippen molar-refractivity contribution in [3.8, 4) is 5.69 Å². The summed E-state index contributed by atoms with van der Waals surface area (Å²) in [4.78, 5) is 12.7. The summed E-state index contributed by atoms with van der Waals surface area (Å²) in [6, 6.07) is 15.3. The predicted molar refractivity (Wildman–Crippen MR) is 122 cm³/mol. The van der Waals surface area contributed by atoms with E-state index in [4.69, 9.17) is 5.10 Å². The molecule has 0 radical (unpaired) electrons. The van der Waals surface area contributed by atoms with Gasteiger partial charge in [-0.15, -0.1) is 0 Å². The summed E-state index contributed by atoms with van der Waals surface area (Å²) in [6.45, 7) is 6.36. The zero-order valence-electron chi connectivity index (χ0n) is 18.5. The van der Waals surface area contributed by atoms with Crippen molar-refractivity contribution in [2.24, 2.45) is 0 Å². The van der Waals surface area contributed by atoms with Crippen LogP contribution in [0.15, 0.2) is 42.5 Å². The van der Waals surface area contributed by atoms with Crippen LogP contribution in [-0.4, -0.2) is 22.7 Å².